The first kappa shape index (κ1) is 21.4. The average Bonchev–Trinajstić information content (AvgIpc) is 2.75. The number of nitrogens with one attached hydrogen (secondary N) is 2. The van der Waals surface area contributed by atoms with Crippen LogP contribution in [-0.2, 0) is 10.0 Å². The molecular formula is C23H24N2O4S. The van der Waals surface area contributed by atoms with Crippen LogP contribution < -0.4 is 14.8 Å². The molecule has 7 heteroatoms. The number of carbonyl (C=O) groups excluding carboxylic acids is 1. The van der Waals surface area contributed by atoms with Crippen LogP contribution in [-0.4, -0.2) is 21.4 Å². The molecule has 3 aromatic rings. The Bertz CT molecular complexity index is 1140. The van der Waals surface area contributed by atoms with Crippen LogP contribution in [0.3, 0.4) is 0 Å². The molecule has 6 nitrogen and oxygen atoms in total. The highest BCUT2D eigenvalue weighted by atomic mass is 32.2. The molecule has 0 saturated heterocycles. The van der Waals surface area contributed by atoms with Gasteiger partial charge < -0.3 is 10.1 Å². The maximum Gasteiger partial charge on any atom is 0.261 e. The Morgan fingerprint density at radius 2 is 1.60 bits per heavy atom. The summed E-state index contributed by atoms with van der Waals surface area (Å²) in [5, 5.41) is 2.95. The minimum atomic E-state index is -3.75. The minimum Gasteiger partial charge on any atom is -0.496 e. The molecule has 0 aromatic heterocycles. The molecule has 156 valence electrons. The predicted molar refractivity (Wildman–Crippen MR) is 117 cm³/mol. The Labute approximate surface area is 177 Å². The highest BCUT2D eigenvalue weighted by Crippen LogP contribution is 2.26. The van der Waals surface area contributed by atoms with Gasteiger partial charge in [0.05, 0.1) is 23.7 Å². The zero-order valence-corrected chi connectivity index (χ0v) is 17.9. The lowest BCUT2D eigenvalue weighted by Gasteiger charge is -2.19. The summed E-state index contributed by atoms with van der Waals surface area (Å²) in [5.74, 6) is 0.387. The van der Waals surface area contributed by atoms with E-state index in [4.69, 9.17) is 4.74 Å². The number of ether oxygens (including phenoxy) is 1. The second kappa shape index (κ2) is 9.00. The van der Waals surface area contributed by atoms with E-state index in [9.17, 15) is 13.2 Å². The number of benzene rings is 3. The van der Waals surface area contributed by atoms with E-state index in [2.05, 4.69) is 10.0 Å². The number of sulfonamides is 1. The van der Waals surface area contributed by atoms with Crippen LogP contribution >= 0.6 is 0 Å². The highest BCUT2D eigenvalue weighted by molar-refractivity contribution is 7.92. The molecule has 0 aliphatic carbocycles. The average molecular weight is 425 g/mol. The molecule has 3 aromatic carbocycles. The smallest absolute Gasteiger partial charge is 0.261 e. The Hall–Kier alpha value is -3.32. The van der Waals surface area contributed by atoms with Crippen molar-refractivity contribution in [1.82, 2.24) is 5.32 Å². The van der Waals surface area contributed by atoms with Crippen LogP contribution in [0.5, 0.6) is 5.75 Å². The maximum absolute atomic E-state index is 12.9. The first-order valence-electron chi connectivity index (χ1n) is 9.44. The first-order chi connectivity index (χ1) is 14.3. The van der Waals surface area contributed by atoms with Gasteiger partial charge in [0, 0.05) is 11.1 Å². The number of hydrogen-bond donors (Lipinski definition) is 2. The van der Waals surface area contributed by atoms with E-state index < -0.39 is 10.0 Å². The number of hydrogen-bond acceptors (Lipinski definition) is 4. The summed E-state index contributed by atoms with van der Waals surface area (Å²) in [7, 11) is -2.17. The van der Waals surface area contributed by atoms with Crippen molar-refractivity contribution in [2.75, 3.05) is 11.8 Å². The Morgan fingerprint density at radius 1 is 0.933 bits per heavy atom. The van der Waals surface area contributed by atoms with Crippen molar-refractivity contribution < 1.29 is 17.9 Å². The molecule has 0 bridgehead atoms. The molecule has 0 heterocycles. The first-order valence-corrected chi connectivity index (χ1v) is 10.9. The molecule has 1 amide bonds. The SMILES string of the molecule is COc1ccccc1[C@@H](C)NC(=O)c1cccc(NS(=O)(=O)c2ccccc2)c1C. The lowest BCUT2D eigenvalue weighted by Crippen LogP contribution is -2.28. The fourth-order valence-electron chi connectivity index (χ4n) is 3.17. The summed E-state index contributed by atoms with van der Waals surface area (Å²) < 4.78 is 33.2. The number of carbonyl (C=O) groups is 1. The fraction of sp³-hybridized carbons (Fsp3) is 0.174. The molecule has 0 aliphatic rings. The fourth-order valence-corrected chi connectivity index (χ4v) is 4.32. The van der Waals surface area contributed by atoms with Crippen molar-refractivity contribution in [2.24, 2.45) is 0 Å². The summed E-state index contributed by atoms with van der Waals surface area (Å²) >= 11 is 0. The lowest BCUT2D eigenvalue weighted by atomic mass is 10.0. The van der Waals surface area contributed by atoms with Crippen molar-refractivity contribution in [1.29, 1.82) is 0 Å². The lowest BCUT2D eigenvalue weighted by molar-refractivity contribution is 0.0939. The zero-order valence-electron chi connectivity index (χ0n) is 17.0. The van der Waals surface area contributed by atoms with Crippen LogP contribution in [0, 0.1) is 6.92 Å². The summed E-state index contributed by atoms with van der Waals surface area (Å²) in [5.41, 5.74) is 2.15. The molecule has 3 rings (SSSR count). The van der Waals surface area contributed by atoms with E-state index >= 15 is 0 Å². The third kappa shape index (κ3) is 4.63. The molecule has 0 aliphatic heterocycles. The number of anilines is 1. The van der Waals surface area contributed by atoms with E-state index in [1.54, 1.807) is 50.4 Å². The van der Waals surface area contributed by atoms with Gasteiger partial charge in [0.1, 0.15) is 5.75 Å². The molecule has 2 N–H and O–H groups in total. The second-order valence-corrected chi connectivity index (χ2v) is 8.52. The molecule has 0 fully saturated rings. The predicted octanol–water partition coefficient (Wildman–Crippen LogP) is 4.30. The van der Waals surface area contributed by atoms with Gasteiger partial charge in [-0.15, -0.1) is 0 Å². The molecular weight excluding hydrogens is 400 g/mol. The zero-order chi connectivity index (χ0) is 21.7. The second-order valence-electron chi connectivity index (χ2n) is 6.83. The monoisotopic (exact) mass is 424 g/mol. The maximum atomic E-state index is 12.9. The van der Waals surface area contributed by atoms with Gasteiger partial charge in [-0.25, -0.2) is 8.42 Å². The number of para-hydroxylation sites is 1. The van der Waals surface area contributed by atoms with Crippen molar-refractivity contribution in [2.45, 2.75) is 24.8 Å². The molecule has 30 heavy (non-hydrogen) atoms. The van der Waals surface area contributed by atoms with Crippen LogP contribution in [0.1, 0.15) is 34.5 Å². The molecule has 0 radical (unpaired) electrons. The number of methoxy groups -OCH3 is 1. The normalized spacial score (nSPS) is 12.1. The third-order valence-corrected chi connectivity index (χ3v) is 6.21. The van der Waals surface area contributed by atoms with Gasteiger partial charge in [-0.1, -0.05) is 42.5 Å². The van der Waals surface area contributed by atoms with E-state index in [-0.39, 0.29) is 16.8 Å². The van der Waals surface area contributed by atoms with E-state index in [1.165, 1.54) is 12.1 Å². The Balaban J connectivity index is 1.83. The van der Waals surface area contributed by atoms with E-state index in [0.717, 1.165) is 5.56 Å². The molecule has 1 atom stereocenters. The largest absolute Gasteiger partial charge is 0.496 e. The summed E-state index contributed by atoms with van der Waals surface area (Å²) in [4.78, 5) is 13.1. The third-order valence-electron chi connectivity index (χ3n) is 4.83. The van der Waals surface area contributed by atoms with E-state index in [0.29, 0.717) is 22.6 Å². The van der Waals surface area contributed by atoms with Crippen LogP contribution in [0.2, 0.25) is 0 Å². The number of rotatable bonds is 7. The van der Waals surface area contributed by atoms with E-state index in [1.807, 2.05) is 31.2 Å². The van der Waals surface area contributed by atoms with Crippen molar-refractivity contribution >= 4 is 21.6 Å². The summed E-state index contributed by atoms with van der Waals surface area (Å²) in [6.07, 6.45) is 0. The van der Waals surface area contributed by atoms with Crippen molar-refractivity contribution in [3.8, 4) is 5.75 Å². The van der Waals surface area contributed by atoms with Gasteiger partial charge in [-0.2, -0.15) is 0 Å². The quantitative estimate of drug-likeness (QED) is 0.592. The van der Waals surface area contributed by atoms with Crippen LogP contribution in [0.15, 0.2) is 77.7 Å². The summed E-state index contributed by atoms with van der Waals surface area (Å²) in [6.45, 7) is 3.58. The van der Waals surface area contributed by atoms with Gasteiger partial charge in [0.25, 0.3) is 15.9 Å². The molecule has 0 saturated carbocycles. The van der Waals surface area contributed by atoms with Gasteiger partial charge >= 0.3 is 0 Å². The van der Waals surface area contributed by atoms with Crippen LogP contribution in [0.4, 0.5) is 5.69 Å². The minimum absolute atomic E-state index is 0.157. The van der Waals surface area contributed by atoms with Crippen molar-refractivity contribution in [3.63, 3.8) is 0 Å². The molecule has 0 spiro atoms. The van der Waals surface area contributed by atoms with Crippen LogP contribution in [0.25, 0.3) is 0 Å². The highest BCUT2D eigenvalue weighted by Gasteiger charge is 2.20. The van der Waals surface area contributed by atoms with Gasteiger partial charge in [0.15, 0.2) is 0 Å². The van der Waals surface area contributed by atoms with Crippen molar-refractivity contribution in [3.05, 3.63) is 89.5 Å². The topological polar surface area (TPSA) is 84.5 Å². The Kier molecular flexibility index (Phi) is 6.42. The number of amides is 1. The standard InChI is InChI=1S/C23H24N2O4S/c1-16-19(23(26)24-17(2)20-12-7-8-15-22(20)29-3)13-9-14-21(16)25-30(27,28)18-10-5-4-6-11-18/h4-15,17,25H,1-3H3,(H,24,26)/t17-/m1/s1. The van der Waals surface area contributed by atoms with Gasteiger partial charge in [0.2, 0.25) is 0 Å². The summed E-state index contributed by atoms with van der Waals surface area (Å²) in [6, 6.07) is 20.2. The van der Waals surface area contributed by atoms with Gasteiger partial charge in [-0.3, -0.25) is 9.52 Å². The molecule has 0 unspecified atom stereocenters. The van der Waals surface area contributed by atoms with Gasteiger partial charge in [-0.05, 0) is 49.7 Å². The Morgan fingerprint density at radius 3 is 2.30 bits per heavy atom.